The van der Waals surface area contributed by atoms with Crippen molar-refractivity contribution < 1.29 is 14.7 Å². The summed E-state index contributed by atoms with van der Waals surface area (Å²) >= 11 is 0. The zero-order chi connectivity index (χ0) is 14.0. The first-order chi connectivity index (χ1) is 8.97. The van der Waals surface area contributed by atoms with Gasteiger partial charge in [0.05, 0.1) is 12.5 Å². The predicted octanol–water partition coefficient (Wildman–Crippen LogP) is 1.04. The number of aliphatic carboxylic acids is 1. The molecule has 2 rings (SSSR count). The molecular weight excluding hydrogens is 244 g/mol. The molecule has 2 saturated heterocycles. The molecule has 0 saturated carbocycles. The highest BCUT2D eigenvalue weighted by atomic mass is 16.4. The fourth-order valence-electron chi connectivity index (χ4n) is 3.26. The quantitative estimate of drug-likeness (QED) is 0.831. The Morgan fingerprint density at radius 3 is 2.32 bits per heavy atom. The predicted molar refractivity (Wildman–Crippen MR) is 71.8 cm³/mol. The van der Waals surface area contributed by atoms with E-state index in [0.717, 1.165) is 13.0 Å². The first-order valence-corrected chi connectivity index (χ1v) is 7.22. The van der Waals surface area contributed by atoms with Crippen LogP contribution < -0.4 is 0 Å². The topological polar surface area (TPSA) is 60.9 Å². The number of hydrogen-bond acceptors (Lipinski definition) is 3. The van der Waals surface area contributed by atoms with E-state index in [4.69, 9.17) is 5.11 Å². The lowest BCUT2D eigenvalue weighted by atomic mass is 9.97. The maximum atomic E-state index is 12.2. The van der Waals surface area contributed by atoms with Crippen LogP contribution in [0.25, 0.3) is 0 Å². The molecule has 2 fully saturated rings. The van der Waals surface area contributed by atoms with Gasteiger partial charge < -0.3 is 10.0 Å². The molecule has 2 heterocycles. The van der Waals surface area contributed by atoms with Gasteiger partial charge in [0, 0.05) is 25.7 Å². The summed E-state index contributed by atoms with van der Waals surface area (Å²) in [6.45, 7) is 7.07. The van der Waals surface area contributed by atoms with Crippen LogP contribution in [-0.2, 0) is 9.59 Å². The third kappa shape index (κ3) is 3.47. The fraction of sp³-hybridized carbons (Fsp3) is 0.857. The largest absolute Gasteiger partial charge is 0.481 e. The number of amides is 1. The molecule has 0 aromatic heterocycles. The normalized spacial score (nSPS) is 29.7. The number of carboxylic acid groups (broad SMARTS) is 1. The van der Waals surface area contributed by atoms with Gasteiger partial charge in [-0.2, -0.15) is 0 Å². The zero-order valence-electron chi connectivity index (χ0n) is 11.8. The number of piperidine rings is 1. The molecule has 0 spiro atoms. The number of hydrogen-bond donors (Lipinski definition) is 1. The van der Waals surface area contributed by atoms with Gasteiger partial charge in [0.25, 0.3) is 0 Å². The van der Waals surface area contributed by atoms with Crippen molar-refractivity contribution in [1.29, 1.82) is 0 Å². The molecule has 0 aliphatic carbocycles. The Kier molecular flexibility index (Phi) is 4.45. The second-order valence-corrected chi connectivity index (χ2v) is 6.11. The highest BCUT2D eigenvalue weighted by Crippen LogP contribution is 2.23. The highest BCUT2D eigenvalue weighted by molar-refractivity contribution is 5.79. The van der Waals surface area contributed by atoms with Crippen molar-refractivity contribution in [3.8, 4) is 0 Å². The van der Waals surface area contributed by atoms with E-state index in [9.17, 15) is 9.59 Å². The third-order valence-corrected chi connectivity index (χ3v) is 4.45. The van der Waals surface area contributed by atoms with Crippen molar-refractivity contribution in [3.63, 3.8) is 0 Å². The summed E-state index contributed by atoms with van der Waals surface area (Å²) in [5.74, 6) is -0.172. The first-order valence-electron chi connectivity index (χ1n) is 7.22. The molecule has 19 heavy (non-hydrogen) atoms. The van der Waals surface area contributed by atoms with Crippen molar-refractivity contribution >= 4 is 11.9 Å². The summed E-state index contributed by atoms with van der Waals surface area (Å²) in [6.07, 6.45) is 2.34. The summed E-state index contributed by atoms with van der Waals surface area (Å²) in [5, 5.41) is 8.95. The molecule has 5 nitrogen and oxygen atoms in total. The Bertz CT molecular complexity index is 351. The van der Waals surface area contributed by atoms with Crippen LogP contribution in [0, 0.1) is 11.8 Å². The van der Waals surface area contributed by atoms with Gasteiger partial charge in [0.1, 0.15) is 0 Å². The first kappa shape index (κ1) is 14.3. The molecule has 108 valence electrons. The van der Waals surface area contributed by atoms with Gasteiger partial charge in [-0.05, 0) is 32.1 Å². The van der Waals surface area contributed by atoms with E-state index in [1.165, 1.54) is 0 Å². The number of nitrogens with zero attached hydrogens (tertiary/aromatic N) is 2. The van der Waals surface area contributed by atoms with E-state index < -0.39 is 5.97 Å². The lowest BCUT2D eigenvalue weighted by Crippen LogP contribution is -2.45. The van der Waals surface area contributed by atoms with E-state index in [-0.39, 0.29) is 11.8 Å². The van der Waals surface area contributed by atoms with E-state index in [1.807, 2.05) is 4.90 Å². The summed E-state index contributed by atoms with van der Waals surface area (Å²) in [7, 11) is 0. The molecule has 2 aliphatic heterocycles. The van der Waals surface area contributed by atoms with Gasteiger partial charge in [0.15, 0.2) is 0 Å². The Morgan fingerprint density at radius 2 is 1.84 bits per heavy atom. The third-order valence-electron chi connectivity index (χ3n) is 4.45. The molecule has 5 heteroatoms. The van der Waals surface area contributed by atoms with E-state index >= 15 is 0 Å². The highest BCUT2D eigenvalue weighted by Gasteiger charge is 2.31. The molecule has 0 radical (unpaired) electrons. The average molecular weight is 268 g/mol. The second kappa shape index (κ2) is 5.90. The Balaban J connectivity index is 1.80. The van der Waals surface area contributed by atoms with Crippen molar-refractivity contribution in [2.45, 2.75) is 39.2 Å². The van der Waals surface area contributed by atoms with E-state index in [2.05, 4.69) is 18.7 Å². The summed E-state index contributed by atoms with van der Waals surface area (Å²) in [6, 6.07) is 0.482. The maximum Gasteiger partial charge on any atom is 0.306 e. The summed E-state index contributed by atoms with van der Waals surface area (Å²) in [5.41, 5.74) is 0. The molecule has 0 aromatic rings. The average Bonchev–Trinajstić information content (AvgIpc) is 2.68. The Labute approximate surface area is 114 Å². The lowest BCUT2D eigenvalue weighted by Gasteiger charge is -2.32. The van der Waals surface area contributed by atoms with Crippen molar-refractivity contribution in [2.24, 2.45) is 11.8 Å². The minimum Gasteiger partial charge on any atom is -0.481 e. The summed E-state index contributed by atoms with van der Waals surface area (Å²) < 4.78 is 0. The van der Waals surface area contributed by atoms with Gasteiger partial charge in [-0.15, -0.1) is 0 Å². The van der Waals surface area contributed by atoms with Gasteiger partial charge in [-0.1, -0.05) is 6.92 Å². The number of carboxylic acids is 1. The Hall–Kier alpha value is -1.10. The van der Waals surface area contributed by atoms with Crippen LogP contribution in [0.15, 0.2) is 0 Å². The van der Waals surface area contributed by atoms with Crippen LogP contribution in [0.5, 0.6) is 0 Å². The SMILES string of the molecule is CC1CC(C)N(CC(=O)N2CCC(C(=O)O)CC2)C1. The number of rotatable bonds is 3. The second-order valence-electron chi connectivity index (χ2n) is 6.11. The molecule has 1 N–H and O–H groups in total. The minimum atomic E-state index is -0.728. The molecule has 0 aromatic carbocycles. The molecular formula is C14H24N2O3. The standard InChI is InChI=1S/C14H24N2O3/c1-10-7-11(2)16(8-10)9-13(17)15-5-3-12(4-6-15)14(18)19/h10-12H,3-9H2,1-2H3,(H,18,19). The van der Waals surface area contributed by atoms with Gasteiger partial charge >= 0.3 is 5.97 Å². The van der Waals surface area contributed by atoms with E-state index in [1.54, 1.807) is 0 Å². The maximum absolute atomic E-state index is 12.2. The van der Waals surface area contributed by atoms with Crippen molar-refractivity contribution in [3.05, 3.63) is 0 Å². The van der Waals surface area contributed by atoms with Gasteiger partial charge in [-0.25, -0.2) is 0 Å². The van der Waals surface area contributed by atoms with Crippen molar-refractivity contribution in [2.75, 3.05) is 26.2 Å². The summed E-state index contributed by atoms with van der Waals surface area (Å²) in [4.78, 5) is 27.2. The molecule has 1 amide bonds. The number of carbonyl (C=O) groups excluding carboxylic acids is 1. The monoisotopic (exact) mass is 268 g/mol. The van der Waals surface area contributed by atoms with Crippen LogP contribution in [0.4, 0.5) is 0 Å². The fourth-order valence-corrected chi connectivity index (χ4v) is 3.26. The zero-order valence-corrected chi connectivity index (χ0v) is 11.8. The molecule has 2 unspecified atom stereocenters. The lowest BCUT2D eigenvalue weighted by molar-refractivity contribution is -0.146. The Morgan fingerprint density at radius 1 is 1.21 bits per heavy atom. The van der Waals surface area contributed by atoms with E-state index in [0.29, 0.717) is 44.4 Å². The molecule has 2 atom stereocenters. The molecule has 2 aliphatic rings. The number of likely N-dealkylation sites (tertiary alicyclic amines) is 2. The van der Waals surface area contributed by atoms with Gasteiger partial charge in [0.2, 0.25) is 5.91 Å². The smallest absolute Gasteiger partial charge is 0.306 e. The van der Waals surface area contributed by atoms with Crippen LogP contribution in [-0.4, -0.2) is 59.0 Å². The van der Waals surface area contributed by atoms with Crippen molar-refractivity contribution in [1.82, 2.24) is 9.80 Å². The molecule has 0 bridgehead atoms. The van der Waals surface area contributed by atoms with Crippen LogP contribution in [0.2, 0.25) is 0 Å². The van der Waals surface area contributed by atoms with Crippen LogP contribution >= 0.6 is 0 Å². The number of carbonyl (C=O) groups is 2. The van der Waals surface area contributed by atoms with Crippen LogP contribution in [0.1, 0.15) is 33.1 Å². The van der Waals surface area contributed by atoms with Gasteiger partial charge in [-0.3, -0.25) is 14.5 Å². The van der Waals surface area contributed by atoms with Crippen LogP contribution in [0.3, 0.4) is 0 Å². The minimum absolute atomic E-state index is 0.157.